The molecular formula is C33H42N6O3. The topological polar surface area (TPSA) is 94.9 Å². The highest BCUT2D eigenvalue weighted by atomic mass is 16.5. The number of aromatic nitrogens is 3. The lowest BCUT2D eigenvalue weighted by Gasteiger charge is -2.40. The van der Waals surface area contributed by atoms with E-state index >= 15 is 0 Å². The van der Waals surface area contributed by atoms with Gasteiger partial charge in [0.2, 0.25) is 0 Å². The van der Waals surface area contributed by atoms with Gasteiger partial charge in [-0.05, 0) is 55.2 Å². The number of anilines is 3. The van der Waals surface area contributed by atoms with E-state index < -0.39 is 5.97 Å². The molecule has 9 nitrogen and oxygen atoms in total. The molecular weight excluding hydrogens is 528 g/mol. The first-order valence-electron chi connectivity index (χ1n) is 15.2. The van der Waals surface area contributed by atoms with Crippen molar-refractivity contribution in [3.05, 3.63) is 58.5 Å². The van der Waals surface area contributed by atoms with Crippen LogP contribution >= 0.6 is 0 Å². The molecule has 2 fully saturated rings. The zero-order valence-corrected chi connectivity index (χ0v) is 25.3. The van der Waals surface area contributed by atoms with Crippen molar-refractivity contribution in [2.45, 2.75) is 59.9 Å². The second kappa shape index (κ2) is 11.5. The van der Waals surface area contributed by atoms with Crippen LogP contribution in [0, 0.1) is 19.3 Å². The molecule has 3 aliphatic rings. The average molecular weight is 571 g/mol. The maximum Gasteiger partial charge on any atom is 0.307 e. The standard InChI is InChI=1S/C33H42N6O3/c1-22-28(19-30(40)41)32(38-11-8-33(3,4)9-12-38)31(23(2)35-22)25-5-6-26-21-39(10-7-24(26)17-25)29-18-27(20-34-36-29)37-13-15-42-16-14-37/h5-6,17-18,20H,7-16,19,21H2,1-4H3,(H,40,41). The quantitative estimate of drug-likeness (QED) is 0.448. The van der Waals surface area contributed by atoms with E-state index in [0.29, 0.717) is 5.41 Å². The minimum absolute atomic E-state index is 0.0220. The van der Waals surface area contributed by atoms with Crippen LogP contribution in [0.5, 0.6) is 0 Å². The molecule has 0 unspecified atom stereocenters. The molecule has 3 aromatic rings. The lowest BCUT2D eigenvalue weighted by Crippen LogP contribution is -2.38. The predicted octanol–water partition coefficient (Wildman–Crippen LogP) is 4.81. The minimum Gasteiger partial charge on any atom is -0.481 e. The lowest BCUT2D eigenvalue weighted by molar-refractivity contribution is -0.136. The number of hydrogen-bond acceptors (Lipinski definition) is 8. The largest absolute Gasteiger partial charge is 0.481 e. The number of hydrogen-bond donors (Lipinski definition) is 1. The Labute approximate surface area is 248 Å². The van der Waals surface area contributed by atoms with Crippen molar-refractivity contribution >= 4 is 23.2 Å². The second-order valence-electron chi connectivity index (χ2n) is 12.7. The van der Waals surface area contributed by atoms with E-state index in [0.717, 1.165) is 117 Å². The molecule has 6 rings (SSSR count). The van der Waals surface area contributed by atoms with Gasteiger partial charge in [-0.2, -0.15) is 5.10 Å². The molecule has 42 heavy (non-hydrogen) atoms. The average Bonchev–Trinajstić information content (AvgIpc) is 2.98. The van der Waals surface area contributed by atoms with E-state index in [4.69, 9.17) is 9.72 Å². The third-order valence-electron chi connectivity index (χ3n) is 9.25. The summed E-state index contributed by atoms with van der Waals surface area (Å²) < 4.78 is 5.51. The molecule has 0 aliphatic carbocycles. The van der Waals surface area contributed by atoms with Crippen LogP contribution in [0.25, 0.3) is 11.1 Å². The van der Waals surface area contributed by atoms with E-state index in [2.05, 4.69) is 69.9 Å². The van der Waals surface area contributed by atoms with Crippen molar-refractivity contribution in [1.29, 1.82) is 0 Å². The number of morpholine rings is 1. The number of carboxylic acids is 1. The fraction of sp³-hybridized carbons (Fsp3) is 0.515. The van der Waals surface area contributed by atoms with Gasteiger partial charge in [0, 0.05) is 67.8 Å². The molecule has 0 bridgehead atoms. The first-order valence-corrected chi connectivity index (χ1v) is 15.2. The number of aryl methyl sites for hydroxylation is 2. The fourth-order valence-corrected chi connectivity index (χ4v) is 6.66. The molecule has 222 valence electrons. The molecule has 2 aromatic heterocycles. The molecule has 5 heterocycles. The number of carbonyl (C=O) groups is 1. The number of pyridine rings is 1. The van der Waals surface area contributed by atoms with Crippen LogP contribution in [0.1, 0.15) is 54.8 Å². The van der Waals surface area contributed by atoms with E-state index in [1.807, 2.05) is 13.1 Å². The van der Waals surface area contributed by atoms with Gasteiger partial charge in [0.1, 0.15) is 0 Å². The van der Waals surface area contributed by atoms with Crippen LogP contribution in [0.4, 0.5) is 17.2 Å². The third kappa shape index (κ3) is 5.79. The van der Waals surface area contributed by atoms with Crippen LogP contribution in [0.3, 0.4) is 0 Å². The minimum atomic E-state index is -0.820. The molecule has 0 atom stereocenters. The zero-order chi connectivity index (χ0) is 29.4. The first-order chi connectivity index (χ1) is 20.2. The summed E-state index contributed by atoms with van der Waals surface area (Å²) >= 11 is 0. The highest BCUT2D eigenvalue weighted by molar-refractivity contribution is 5.86. The van der Waals surface area contributed by atoms with Gasteiger partial charge in [-0.1, -0.05) is 32.0 Å². The summed E-state index contributed by atoms with van der Waals surface area (Å²) in [5.41, 5.74) is 9.86. The van der Waals surface area contributed by atoms with Crippen molar-refractivity contribution in [2.24, 2.45) is 5.41 Å². The summed E-state index contributed by atoms with van der Waals surface area (Å²) in [4.78, 5) is 23.9. The van der Waals surface area contributed by atoms with Crippen LogP contribution in [0.15, 0.2) is 30.5 Å². The lowest BCUT2D eigenvalue weighted by atomic mass is 9.82. The molecule has 0 spiro atoms. The van der Waals surface area contributed by atoms with Crippen LogP contribution in [-0.2, 0) is 28.9 Å². The summed E-state index contributed by atoms with van der Waals surface area (Å²) in [6.07, 6.45) is 4.88. The molecule has 3 aliphatic heterocycles. The Balaban J connectivity index is 1.32. The third-order valence-corrected chi connectivity index (χ3v) is 9.25. The number of fused-ring (bicyclic) bond motifs is 1. The Bertz CT molecular complexity index is 1470. The highest BCUT2D eigenvalue weighted by Crippen LogP contribution is 2.42. The molecule has 1 aromatic carbocycles. The molecule has 0 amide bonds. The van der Waals surface area contributed by atoms with Gasteiger partial charge < -0.3 is 24.5 Å². The molecule has 0 radical (unpaired) electrons. The molecule has 1 N–H and O–H groups in total. The number of carboxylic acid groups (broad SMARTS) is 1. The van der Waals surface area contributed by atoms with Crippen molar-refractivity contribution in [2.75, 3.05) is 60.6 Å². The predicted molar refractivity (Wildman–Crippen MR) is 166 cm³/mol. The van der Waals surface area contributed by atoms with E-state index in [9.17, 15) is 9.90 Å². The smallest absolute Gasteiger partial charge is 0.307 e. The van der Waals surface area contributed by atoms with E-state index in [1.54, 1.807) is 0 Å². The Morgan fingerprint density at radius 3 is 2.45 bits per heavy atom. The van der Waals surface area contributed by atoms with Gasteiger partial charge >= 0.3 is 5.97 Å². The number of piperidine rings is 1. The second-order valence-corrected chi connectivity index (χ2v) is 12.7. The van der Waals surface area contributed by atoms with Gasteiger partial charge in [-0.15, -0.1) is 5.10 Å². The van der Waals surface area contributed by atoms with E-state index in [1.165, 1.54) is 11.1 Å². The summed E-state index contributed by atoms with van der Waals surface area (Å²) in [7, 11) is 0. The molecule has 2 saturated heterocycles. The number of ether oxygens (including phenoxy) is 1. The Morgan fingerprint density at radius 1 is 0.952 bits per heavy atom. The van der Waals surface area contributed by atoms with Gasteiger partial charge in [0.15, 0.2) is 5.82 Å². The van der Waals surface area contributed by atoms with Crippen LogP contribution in [-0.4, -0.2) is 72.2 Å². The van der Waals surface area contributed by atoms with Crippen molar-refractivity contribution < 1.29 is 14.6 Å². The monoisotopic (exact) mass is 570 g/mol. The SMILES string of the molecule is Cc1nc(C)c(-c2ccc3c(c2)CCN(c2cc(N4CCOCC4)cnn2)C3)c(N2CCC(C)(C)CC2)c1CC(=O)O. The molecule has 9 heteroatoms. The number of benzene rings is 1. The summed E-state index contributed by atoms with van der Waals surface area (Å²) in [6, 6.07) is 8.88. The summed E-state index contributed by atoms with van der Waals surface area (Å²) in [5, 5.41) is 18.6. The zero-order valence-electron chi connectivity index (χ0n) is 25.3. The van der Waals surface area contributed by atoms with E-state index in [-0.39, 0.29) is 6.42 Å². The highest BCUT2D eigenvalue weighted by Gasteiger charge is 2.31. The summed E-state index contributed by atoms with van der Waals surface area (Å²) in [6.45, 7) is 15.3. The Kier molecular flexibility index (Phi) is 7.79. The maximum atomic E-state index is 12.0. The van der Waals surface area contributed by atoms with Crippen molar-refractivity contribution in [3.8, 4) is 11.1 Å². The Morgan fingerprint density at radius 2 is 1.71 bits per heavy atom. The maximum absolute atomic E-state index is 12.0. The van der Waals surface area contributed by atoms with Crippen molar-refractivity contribution in [1.82, 2.24) is 15.2 Å². The normalized spacial score (nSPS) is 18.6. The van der Waals surface area contributed by atoms with Gasteiger partial charge in [0.05, 0.1) is 37.2 Å². The van der Waals surface area contributed by atoms with Gasteiger partial charge in [0.25, 0.3) is 0 Å². The van der Waals surface area contributed by atoms with Gasteiger partial charge in [-0.25, -0.2) is 0 Å². The van der Waals surface area contributed by atoms with Crippen LogP contribution in [0.2, 0.25) is 0 Å². The first kappa shape index (κ1) is 28.4. The number of nitrogens with zero attached hydrogens (tertiary/aromatic N) is 6. The fourth-order valence-electron chi connectivity index (χ4n) is 6.66. The number of aliphatic carboxylic acids is 1. The molecule has 0 saturated carbocycles. The van der Waals surface area contributed by atoms with Crippen LogP contribution < -0.4 is 14.7 Å². The number of rotatable bonds is 6. The van der Waals surface area contributed by atoms with Gasteiger partial charge in [-0.3, -0.25) is 9.78 Å². The van der Waals surface area contributed by atoms with Crippen molar-refractivity contribution in [3.63, 3.8) is 0 Å². The summed E-state index contributed by atoms with van der Waals surface area (Å²) in [5.74, 6) is 0.0838. The Hall–Kier alpha value is -3.72.